The largest absolute Gasteiger partial charge is 0.494 e. The molecule has 1 aliphatic rings. The Bertz CT molecular complexity index is 320. The number of ether oxygens (including phenoxy) is 1. The fourth-order valence-corrected chi connectivity index (χ4v) is 2.55. The van der Waals surface area contributed by atoms with Gasteiger partial charge < -0.3 is 10.5 Å². The van der Waals surface area contributed by atoms with Gasteiger partial charge >= 0.3 is 0 Å². The molecule has 1 aromatic rings. The van der Waals surface area contributed by atoms with Crippen molar-refractivity contribution in [3.8, 4) is 5.75 Å². The van der Waals surface area contributed by atoms with Crippen LogP contribution >= 0.6 is 12.4 Å². The highest BCUT2D eigenvalue weighted by atomic mass is 35.5. The first-order chi connectivity index (χ1) is 8.40. The topological polar surface area (TPSA) is 35.2 Å². The van der Waals surface area contributed by atoms with E-state index in [0.29, 0.717) is 6.54 Å². The van der Waals surface area contributed by atoms with Crippen molar-refractivity contribution >= 4 is 12.4 Å². The predicted molar refractivity (Wildman–Crippen MR) is 78.7 cm³/mol. The molecule has 2 N–H and O–H groups in total. The summed E-state index contributed by atoms with van der Waals surface area (Å²) in [5.41, 5.74) is 6.92. The number of rotatable bonds is 5. The van der Waals surface area contributed by atoms with E-state index in [2.05, 4.69) is 24.3 Å². The van der Waals surface area contributed by atoms with Gasteiger partial charge in [-0.15, -0.1) is 12.4 Å². The van der Waals surface area contributed by atoms with Gasteiger partial charge in [0.15, 0.2) is 0 Å². The molecular formula is C15H24ClNO. The lowest BCUT2D eigenvalue weighted by Gasteiger charge is -2.22. The maximum absolute atomic E-state index is 5.61. The molecule has 0 saturated heterocycles. The van der Waals surface area contributed by atoms with Crippen molar-refractivity contribution in [1.82, 2.24) is 0 Å². The second-order valence-electron chi connectivity index (χ2n) is 4.89. The van der Waals surface area contributed by atoms with Gasteiger partial charge in [-0.2, -0.15) is 0 Å². The SMILES string of the molecule is Cl.NCCCOc1ccc(C2CCCCC2)cc1. The van der Waals surface area contributed by atoms with E-state index in [1.165, 1.54) is 37.7 Å². The second kappa shape index (κ2) is 8.39. The summed E-state index contributed by atoms with van der Waals surface area (Å²) in [7, 11) is 0. The monoisotopic (exact) mass is 269 g/mol. The van der Waals surface area contributed by atoms with Crippen molar-refractivity contribution in [2.75, 3.05) is 13.2 Å². The Morgan fingerprint density at radius 2 is 1.72 bits per heavy atom. The first-order valence-corrected chi connectivity index (χ1v) is 6.83. The number of benzene rings is 1. The smallest absolute Gasteiger partial charge is 0.119 e. The third-order valence-corrected chi connectivity index (χ3v) is 3.57. The third-order valence-electron chi connectivity index (χ3n) is 3.57. The number of hydrogen-bond acceptors (Lipinski definition) is 2. The van der Waals surface area contributed by atoms with Gasteiger partial charge in [-0.25, -0.2) is 0 Å². The average Bonchev–Trinajstić information content (AvgIpc) is 2.41. The molecule has 0 unspecified atom stereocenters. The van der Waals surface area contributed by atoms with Crippen molar-refractivity contribution in [2.45, 2.75) is 44.4 Å². The molecule has 0 heterocycles. The van der Waals surface area contributed by atoms with Crippen LogP contribution in [0, 0.1) is 0 Å². The summed E-state index contributed by atoms with van der Waals surface area (Å²) in [5, 5.41) is 0. The normalized spacial score (nSPS) is 16.1. The van der Waals surface area contributed by atoms with Crippen LogP contribution in [0.3, 0.4) is 0 Å². The van der Waals surface area contributed by atoms with E-state index in [1.807, 2.05) is 0 Å². The molecule has 2 nitrogen and oxygen atoms in total. The molecule has 0 atom stereocenters. The molecule has 18 heavy (non-hydrogen) atoms. The van der Waals surface area contributed by atoms with Crippen LogP contribution in [0.15, 0.2) is 24.3 Å². The zero-order valence-corrected chi connectivity index (χ0v) is 11.8. The molecular weight excluding hydrogens is 246 g/mol. The van der Waals surface area contributed by atoms with Gasteiger partial charge in [-0.1, -0.05) is 31.4 Å². The van der Waals surface area contributed by atoms with Crippen LogP contribution in [0.25, 0.3) is 0 Å². The van der Waals surface area contributed by atoms with E-state index < -0.39 is 0 Å². The fourth-order valence-electron chi connectivity index (χ4n) is 2.55. The minimum atomic E-state index is 0. The van der Waals surface area contributed by atoms with Crippen LogP contribution in [0.5, 0.6) is 5.75 Å². The molecule has 2 rings (SSSR count). The first kappa shape index (κ1) is 15.3. The zero-order valence-electron chi connectivity index (χ0n) is 10.9. The van der Waals surface area contributed by atoms with Gasteiger partial charge in [-0.05, 0) is 49.4 Å². The average molecular weight is 270 g/mol. The molecule has 0 radical (unpaired) electrons. The van der Waals surface area contributed by atoms with Crippen molar-refractivity contribution in [2.24, 2.45) is 5.73 Å². The molecule has 0 spiro atoms. The summed E-state index contributed by atoms with van der Waals surface area (Å²) in [6, 6.07) is 8.66. The number of halogens is 1. The Hall–Kier alpha value is -0.730. The Balaban J connectivity index is 0.00000162. The van der Waals surface area contributed by atoms with E-state index >= 15 is 0 Å². The van der Waals surface area contributed by atoms with Gasteiger partial charge in [0, 0.05) is 0 Å². The van der Waals surface area contributed by atoms with Gasteiger partial charge in [0.2, 0.25) is 0 Å². The Labute approximate surface area is 116 Å². The maximum atomic E-state index is 5.61. The quantitative estimate of drug-likeness (QED) is 0.824. The van der Waals surface area contributed by atoms with Gasteiger partial charge in [0.05, 0.1) is 6.61 Å². The summed E-state index contributed by atoms with van der Waals surface area (Å²) in [6.45, 7) is 1.42. The lowest BCUT2D eigenvalue weighted by molar-refractivity contribution is 0.313. The van der Waals surface area contributed by atoms with Gasteiger partial charge in [-0.3, -0.25) is 0 Å². The van der Waals surface area contributed by atoms with Crippen molar-refractivity contribution < 1.29 is 4.74 Å². The van der Waals surface area contributed by atoms with Crippen LogP contribution in [-0.2, 0) is 0 Å². The summed E-state index contributed by atoms with van der Waals surface area (Å²) in [6.07, 6.45) is 7.82. The van der Waals surface area contributed by atoms with E-state index in [1.54, 1.807) is 0 Å². The van der Waals surface area contributed by atoms with E-state index in [0.717, 1.165) is 24.7 Å². The molecule has 0 bridgehead atoms. The van der Waals surface area contributed by atoms with E-state index in [9.17, 15) is 0 Å². The molecule has 3 heteroatoms. The number of nitrogens with two attached hydrogens (primary N) is 1. The van der Waals surface area contributed by atoms with Crippen LogP contribution < -0.4 is 10.5 Å². The van der Waals surface area contributed by atoms with Crippen molar-refractivity contribution in [3.63, 3.8) is 0 Å². The molecule has 0 aliphatic heterocycles. The maximum Gasteiger partial charge on any atom is 0.119 e. The molecule has 1 fully saturated rings. The molecule has 102 valence electrons. The summed E-state index contributed by atoms with van der Waals surface area (Å²) < 4.78 is 5.61. The Morgan fingerprint density at radius 3 is 2.33 bits per heavy atom. The second-order valence-corrected chi connectivity index (χ2v) is 4.89. The standard InChI is InChI=1S/C15H23NO.ClH/c16-11-4-12-17-15-9-7-14(8-10-15)13-5-2-1-3-6-13;/h7-10,13H,1-6,11-12,16H2;1H. The van der Waals surface area contributed by atoms with Crippen LogP contribution in [0.4, 0.5) is 0 Å². The highest BCUT2D eigenvalue weighted by molar-refractivity contribution is 5.85. The fraction of sp³-hybridized carbons (Fsp3) is 0.600. The van der Waals surface area contributed by atoms with Crippen LogP contribution in [-0.4, -0.2) is 13.2 Å². The lowest BCUT2D eigenvalue weighted by Crippen LogP contribution is -2.06. The molecule has 0 amide bonds. The predicted octanol–water partition coefficient (Wildman–Crippen LogP) is 3.88. The molecule has 1 aromatic carbocycles. The Kier molecular flexibility index (Phi) is 7.14. The summed E-state index contributed by atoms with van der Waals surface area (Å²) in [5.74, 6) is 1.75. The number of hydrogen-bond donors (Lipinski definition) is 1. The van der Waals surface area contributed by atoms with Crippen molar-refractivity contribution in [3.05, 3.63) is 29.8 Å². The minimum absolute atomic E-state index is 0. The molecule has 1 aliphatic carbocycles. The molecule has 1 saturated carbocycles. The van der Waals surface area contributed by atoms with Crippen molar-refractivity contribution in [1.29, 1.82) is 0 Å². The van der Waals surface area contributed by atoms with E-state index in [-0.39, 0.29) is 12.4 Å². The molecule has 0 aromatic heterocycles. The first-order valence-electron chi connectivity index (χ1n) is 6.83. The third kappa shape index (κ3) is 4.51. The minimum Gasteiger partial charge on any atom is -0.494 e. The van der Waals surface area contributed by atoms with Crippen LogP contribution in [0.1, 0.15) is 50.0 Å². The van der Waals surface area contributed by atoms with Gasteiger partial charge in [0.1, 0.15) is 5.75 Å². The lowest BCUT2D eigenvalue weighted by atomic mass is 9.84. The summed E-state index contributed by atoms with van der Waals surface area (Å²) in [4.78, 5) is 0. The zero-order chi connectivity index (χ0) is 11.9. The highest BCUT2D eigenvalue weighted by Gasteiger charge is 2.14. The van der Waals surface area contributed by atoms with Crippen LogP contribution in [0.2, 0.25) is 0 Å². The van der Waals surface area contributed by atoms with Gasteiger partial charge in [0.25, 0.3) is 0 Å². The summed E-state index contributed by atoms with van der Waals surface area (Å²) >= 11 is 0. The Morgan fingerprint density at radius 1 is 1.06 bits per heavy atom. The highest BCUT2D eigenvalue weighted by Crippen LogP contribution is 2.33. The van der Waals surface area contributed by atoms with E-state index in [4.69, 9.17) is 10.5 Å².